The van der Waals surface area contributed by atoms with Gasteiger partial charge in [-0.05, 0) is 19.1 Å². The van der Waals surface area contributed by atoms with Crippen LogP contribution in [0, 0.1) is 0 Å². The van der Waals surface area contributed by atoms with Crippen LogP contribution in [0.15, 0.2) is 0 Å². The first kappa shape index (κ1) is 10.9. The Bertz CT molecular complexity index is 190. The van der Waals surface area contributed by atoms with E-state index in [2.05, 4.69) is 11.6 Å². The number of amides is 1. The van der Waals surface area contributed by atoms with Gasteiger partial charge in [-0.15, -0.1) is 0 Å². The molecule has 1 aliphatic rings. The molecule has 0 saturated heterocycles. The molecular formula is C9H18N2OS. The molecule has 13 heavy (non-hydrogen) atoms. The number of hydrogen-bond acceptors (Lipinski definition) is 3. The first-order chi connectivity index (χ1) is 6.09. The lowest BCUT2D eigenvalue weighted by Crippen LogP contribution is -2.36. The Balaban J connectivity index is 2.10. The zero-order valence-electron chi connectivity index (χ0n) is 8.59. The van der Waals surface area contributed by atoms with Gasteiger partial charge < -0.3 is 10.2 Å². The molecule has 1 amide bonds. The summed E-state index contributed by atoms with van der Waals surface area (Å²) in [4.78, 5) is 12.8. The van der Waals surface area contributed by atoms with Crippen LogP contribution in [0.25, 0.3) is 0 Å². The molecular weight excluding hydrogens is 184 g/mol. The highest BCUT2D eigenvalue weighted by Crippen LogP contribution is 2.46. The first-order valence-corrected chi connectivity index (χ1v) is 5.78. The third-order valence-electron chi connectivity index (χ3n) is 2.46. The highest BCUT2D eigenvalue weighted by atomic mass is 32.2. The van der Waals surface area contributed by atoms with Gasteiger partial charge in [0.2, 0.25) is 5.91 Å². The van der Waals surface area contributed by atoms with E-state index in [0.29, 0.717) is 11.3 Å². The Morgan fingerprint density at radius 3 is 2.54 bits per heavy atom. The third-order valence-corrected chi connectivity index (χ3v) is 3.88. The quantitative estimate of drug-likeness (QED) is 0.707. The zero-order valence-corrected chi connectivity index (χ0v) is 9.41. The highest BCUT2D eigenvalue weighted by Gasteiger charge is 2.41. The molecule has 0 aromatic carbocycles. The lowest BCUT2D eigenvalue weighted by Gasteiger charge is -2.14. The average Bonchev–Trinajstić information content (AvgIpc) is 2.85. The summed E-state index contributed by atoms with van der Waals surface area (Å²) in [6.07, 6.45) is 4.72. The molecule has 3 nitrogen and oxygen atoms in total. The number of carbonyl (C=O) groups is 1. The maximum Gasteiger partial charge on any atom is 0.236 e. The summed E-state index contributed by atoms with van der Waals surface area (Å²) in [6, 6.07) is 0. The van der Waals surface area contributed by atoms with Crippen LogP contribution in [0.4, 0.5) is 0 Å². The number of rotatable bonds is 5. The standard InChI is InChI=1S/C9H18N2OS/c1-11(2)8(12)6-10-7-9(13-3)4-5-9/h10H,4-7H2,1-3H3. The Morgan fingerprint density at radius 2 is 2.15 bits per heavy atom. The summed E-state index contributed by atoms with van der Waals surface area (Å²) in [5.74, 6) is 0.150. The fourth-order valence-corrected chi connectivity index (χ4v) is 1.90. The van der Waals surface area contributed by atoms with E-state index in [9.17, 15) is 4.79 Å². The molecule has 1 N–H and O–H groups in total. The van der Waals surface area contributed by atoms with Crippen molar-refractivity contribution in [3.63, 3.8) is 0 Å². The number of hydrogen-bond donors (Lipinski definition) is 1. The van der Waals surface area contributed by atoms with Crippen LogP contribution in [0.1, 0.15) is 12.8 Å². The fraction of sp³-hybridized carbons (Fsp3) is 0.889. The zero-order chi connectivity index (χ0) is 9.90. The van der Waals surface area contributed by atoms with Crippen molar-refractivity contribution in [2.24, 2.45) is 0 Å². The predicted molar refractivity (Wildman–Crippen MR) is 57.0 cm³/mol. The first-order valence-electron chi connectivity index (χ1n) is 4.56. The largest absolute Gasteiger partial charge is 0.348 e. The van der Waals surface area contributed by atoms with E-state index in [0.717, 1.165) is 6.54 Å². The van der Waals surface area contributed by atoms with Crippen molar-refractivity contribution in [3.05, 3.63) is 0 Å². The van der Waals surface area contributed by atoms with E-state index in [4.69, 9.17) is 0 Å². The lowest BCUT2D eigenvalue weighted by molar-refractivity contribution is -0.127. The molecule has 0 atom stereocenters. The number of carbonyl (C=O) groups excluding carboxylic acids is 1. The van der Waals surface area contributed by atoms with Crippen molar-refractivity contribution in [3.8, 4) is 0 Å². The lowest BCUT2D eigenvalue weighted by atomic mass is 10.4. The summed E-state index contributed by atoms with van der Waals surface area (Å²) in [6.45, 7) is 1.43. The SMILES string of the molecule is CSC1(CNCC(=O)N(C)C)CC1. The van der Waals surface area contributed by atoms with E-state index in [-0.39, 0.29) is 5.91 Å². The molecule has 1 aliphatic carbocycles. The van der Waals surface area contributed by atoms with Crippen LogP contribution < -0.4 is 5.32 Å². The van der Waals surface area contributed by atoms with Crippen LogP contribution in [-0.4, -0.2) is 49.0 Å². The monoisotopic (exact) mass is 202 g/mol. The van der Waals surface area contributed by atoms with Crippen LogP contribution in [0.5, 0.6) is 0 Å². The van der Waals surface area contributed by atoms with Gasteiger partial charge in [-0.2, -0.15) is 11.8 Å². The van der Waals surface area contributed by atoms with Gasteiger partial charge in [-0.25, -0.2) is 0 Å². The van der Waals surface area contributed by atoms with Gasteiger partial charge in [-0.1, -0.05) is 0 Å². The van der Waals surface area contributed by atoms with E-state index in [1.807, 2.05) is 11.8 Å². The molecule has 4 heteroatoms. The minimum atomic E-state index is 0.150. The minimum Gasteiger partial charge on any atom is -0.348 e. The molecule has 1 rings (SSSR count). The maximum absolute atomic E-state index is 11.2. The van der Waals surface area contributed by atoms with Crippen LogP contribution >= 0.6 is 11.8 Å². The van der Waals surface area contributed by atoms with Crippen LogP contribution in [-0.2, 0) is 4.79 Å². The van der Waals surface area contributed by atoms with Crippen LogP contribution in [0.3, 0.4) is 0 Å². The van der Waals surface area contributed by atoms with Crippen molar-refractivity contribution < 1.29 is 4.79 Å². The summed E-state index contributed by atoms with van der Waals surface area (Å²) in [5, 5.41) is 3.21. The van der Waals surface area contributed by atoms with Crippen molar-refractivity contribution in [1.29, 1.82) is 0 Å². The van der Waals surface area contributed by atoms with Crippen molar-refractivity contribution in [2.45, 2.75) is 17.6 Å². The molecule has 1 fully saturated rings. The Hall–Kier alpha value is -0.220. The van der Waals surface area contributed by atoms with Gasteiger partial charge >= 0.3 is 0 Å². The minimum absolute atomic E-state index is 0.150. The second-order valence-electron chi connectivity index (χ2n) is 3.78. The second kappa shape index (κ2) is 4.33. The van der Waals surface area contributed by atoms with Gasteiger partial charge in [0.15, 0.2) is 0 Å². The van der Waals surface area contributed by atoms with Gasteiger partial charge in [-0.3, -0.25) is 4.79 Å². The second-order valence-corrected chi connectivity index (χ2v) is 5.05. The summed E-state index contributed by atoms with van der Waals surface area (Å²) in [5.41, 5.74) is 0. The number of thioether (sulfide) groups is 1. The molecule has 0 aliphatic heterocycles. The molecule has 0 heterocycles. The molecule has 0 spiro atoms. The molecule has 0 bridgehead atoms. The topological polar surface area (TPSA) is 32.3 Å². The van der Waals surface area contributed by atoms with Gasteiger partial charge in [0.1, 0.15) is 0 Å². The molecule has 1 saturated carbocycles. The van der Waals surface area contributed by atoms with E-state index >= 15 is 0 Å². The van der Waals surface area contributed by atoms with Gasteiger partial charge in [0, 0.05) is 25.4 Å². The van der Waals surface area contributed by atoms with Crippen molar-refractivity contribution in [1.82, 2.24) is 10.2 Å². The summed E-state index contributed by atoms with van der Waals surface area (Å²) >= 11 is 1.91. The molecule has 76 valence electrons. The third kappa shape index (κ3) is 3.19. The normalized spacial score (nSPS) is 18.4. The summed E-state index contributed by atoms with van der Waals surface area (Å²) in [7, 11) is 3.57. The summed E-state index contributed by atoms with van der Waals surface area (Å²) < 4.78 is 0.451. The molecule has 0 unspecified atom stereocenters. The molecule has 0 aromatic rings. The molecule has 0 radical (unpaired) electrons. The van der Waals surface area contributed by atoms with Gasteiger partial charge in [0.25, 0.3) is 0 Å². The number of likely N-dealkylation sites (N-methyl/N-ethyl adjacent to an activating group) is 1. The fourth-order valence-electron chi connectivity index (χ4n) is 1.15. The van der Waals surface area contributed by atoms with Crippen molar-refractivity contribution >= 4 is 17.7 Å². The highest BCUT2D eigenvalue weighted by molar-refractivity contribution is 8.00. The van der Waals surface area contributed by atoms with E-state index in [1.165, 1.54) is 12.8 Å². The Morgan fingerprint density at radius 1 is 1.54 bits per heavy atom. The van der Waals surface area contributed by atoms with Crippen LogP contribution in [0.2, 0.25) is 0 Å². The average molecular weight is 202 g/mol. The number of nitrogens with zero attached hydrogens (tertiary/aromatic N) is 1. The Labute approximate surface area is 84.2 Å². The maximum atomic E-state index is 11.2. The smallest absolute Gasteiger partial charge is 0.236 e. The van der Waals surface area contributed by atoms with Crippen molar-refractivity contribution in [2.75, 3.05) is 33.4 Å². The van der Waals surface area contributed by atoms with Gasteiger partial charge in [0.05, 0.1) is 6.54 Å². The Kier molecular flexibility index (Phi) is 3.62. The van der Waals surface area contributed by atoms with E-state index < -0.39 is 0 Å². The number of nitrogens with one attached hydrogen (secondary N) is 1. The van der Waals surface area contributed by atoms with E-state index in [1.54, 1.807) is 19.0 Å². The predicted octanol–water partition coefficient (Wildman–Crippen LogP) is 0.560. The molecule has 0 aromatic heterocycles.